The molecule has 1 heteroatoms. The molecule has 2 bridgehead atoms. The summed E-state index contributed by atoms with van der Waals surface area (Å²) in [4.78, 5) is 0. The van der Waals surface area contributed by atoms with E-state index in [0.29, 0.717) is 0 Å². The molecular weight excluding hydrogens is 184 g/mol. The van der Waals surface area contributed by atoms with Crippen molar-refractivity contribution in [2.75, 3.05) is 0 Å². The first-order chi connectivity index (χ1) is 7.34. The highest BCUT2D eigenvalue weighted by Crippen LogP contribution is 2.70. The third-order valence-electron chi connectivity index (χ3n) is 6.04. The van der Waals surface area contributed by atoms with Gasteiger partial charge in [0.2, 0.25) is 0 Å². The van der Waals surface area contributed by atoms with Gasteiger partial charge in [-0.3, -0.25) is 0 Å². The maximum Gasteiger partial charge on any atom is 0.0576 e. The van der Waals surface area contributed by atoms with Crippen LogP contribution in [0.2, 0.25) is 0 Å². The van der Waals surface area contributed by atoms with Crippen molar-refractivity contribution in [2.24, 2.45) is 35.5 Å². The molecule has 0 aliphatic heterocycles. The maximum atomic E-state index is 10.3. The van der Waals surface area contributed by atoms with Crippen molar-refractivity contribution in [3.05, 3.63) is 0 Å². The van der Waals surface area contributed by atoms with Crippen molar-refractivity contribution in [2.45, 2.75) is 51.0 Å². The fourth-order valence-electron chi connectivity index (χ4n) is 5.13. The van der Waals surface area contributed by atoms with Crippen molar-refractivity contribution >= 4 is 0 Å². The van der Waals surface area contributed by atoms with Crippen LogP contribution in [0.15, 0.2) is 0 Å². The lowest BCUT2D eigenvalue weighted by Crippen LogP contribution is -2.23. The smallest absolute Gasteiger partial charge is 0.0576 e. The minimum absolute atomic E-state index is 0.0775. The largest absolute Gasteiger partial charge is 0.393 e. The molecule has 84 valence electrons. The fourth-order valence-corrected chi connectivity index (χ4v) is 5.13. The lowest BCUT2D eigenvalue weighted by molar-refractivity contribution is 0.0828. The van der Waals surface area contributed by atoms with Crippen LogP contribution < -0.4 is 0 Å². The zero-order valence-corrected chi connectivity index (χ0v) is 9.44. The molecule has 0 aromatic rings. The minimum atomic E-state index is 0.0775. The predicted molar refractivity (Wildman–Crippen MR) is 59.3 cm³/mol. The van der Waals surface area contributed by atoms with Crippen molar-refractivity contribution in [3.8, 4) is 0 Å². The second-order valence-electron chi connectivity index (χ2n) is 6.67. The van der Waals surface area contributed by atoms with Crippen LogP contribution in [0.3, 0.4) is 0 Å². The zero-order chi connectivity index (χ0) is 9.99. The van der Waals surface area contributed by atoms with Crippen LogP contribution in [0.25, 0.3) is 0 Å². The Kier molecular flexibility index (Phi) is 1.81. The van der Waals surface area contributed by atoms with E-state index in [2.05, 4.69) is 0 Å². The second-order valence-corrected chi connectivity index (χ2v) is 6.67. The standard InChI is InChI=1S/C14H22O/c15-11(6-8-2-1-3-8)14-12-9-4-5-10(7-9)13(12)14/h8-15H,1-7H2. The highest BCUT2D eigenvalue weighted by molar-refractivity contribution is 5.14. The van der Waals surface area contributed by atoms with Gasteiger partial charge in [0.1, 0.15) is 0 Å². The lowest BCUT2D eigenvalue weighted by atomic mass is 9.80. The molecule has 1 N–H and O–H groups in total. The number of aliphatic hydroxyl groups is 1. The average molecular weight is 206 g/mol. The van der Waals surface area contributed by atoms with Crippen LogP contribution in [0, 0.1) is 35.5 Å². The summed E-state index contributed by atoms with van der Waals surface area (Å²) in [6.45, 7) is 0. The Bertz CT molecular complexity index is 255. The number of aliphatic hydroxyl groups excluding tert-OH is 1. The van der Waals surface area contributed by atoms with E-state index < -0.39 is 0 Å². The van der Waals surface area contributed by atoms with Crippen molar-refractivity contribution in [1.82, 2.24) is 0 Å². The number of rotatable bonds is 3. The summed E-state index contributed by atoms with van der Waals surface area (Å²) in [5.41, 5.74) is 0. The van der Waals surface area contributed by atoms with Gasteiger partial charge in [-0.15, -0.1) is 0 Å². The minimum Gasteiger partial charge on any atom is -0.393 e. The monoisotopic (exact) mass is 206 g/mol. The Morgan fingerprint density at radius 2 is 1.67 bits per heavy atom. The molecule has 0 aromatic carbocycles. The predicted octanol–water partition coefficient (Wildman–Crippen LogP) is 2.83. The van der Waals surface area contributed by atoms with Crippen molar-refractivity contribution in [3.63, 3.8) is 0 Å². The van der Waals surface area contributed by atoms with Gasteiger partial charge in [-0.1, -0.05) is 19.3 Å². The van der Waals surface area contributed by atoms with E-state index in [1.807, 2.05) is 0 Å². The second kappa shape index (κ2) is 3.00. The number of hydrogen-bond acceptors (Lipinski definition) is 1. The zero-order valence-electron chi connectivity index (χ0n) is 9.44. The Labute approximate surface area is 92.3 Å². The Morgan fingerprint density at radius 1 is 1.00 bits per heavy atom. The molecule has 4 aliphatic rings. The van der Waals surface area contributed by atoms with E-state index in [-0.39, 0.29) is 6.10 Å². The molecule has 5 unspecified atom stereocenters. The van der Waals surface area contributed by atoms with Crippen molar-refractivity contribution in [1.29, 1.82) is 0 Å². The molecule has 4 saturated carbocycles. The van der Waals surface area contributed by atoms with Gasteiger partial charge < -0.3 is 5.11 Å². The van der Waals surface area contributed by atoms with Crippen LogP contribution in [0.1, 0.15) is 44.9 Å². The molecule has 0 amide bonds. The molecule has 0 aromatic heterocycles. The Morgan fingerprint density at radius 3 is 2.20 bits per heavy atom. The van der Waals surface area contributed by atoms with E-state index in [1.54, 1.807) is 0 Å². The first-order valence-electron chi connectivity index (χ1n) is 7.02. The summed E-state index contributed by atoms with van der Waals surface area (Å²) in [7, 11) is 0. The first-order valence-corrected chi connectivity index (χ1v) is 7.02. The lowest BCUT2D eigenvalue weighted by Gasteiger charge is -2.28. The molecule has 5 atom stereocenters. The molecule has 0 saturated heterocycles. The maximum absolute atomic E-state index is 10.3. The fraction of sp³-hybridized carbons (Fsp3) is 1.00. The van der Waals surface area contributed by atoms with E-state index in [9.17, 15) is 5.11 Å². The molecule has 4 rings (SSSR count). The van der Waals surface area contributed by atoms with Crippen molar-refractivity contribution < 1.29 is 5.11 Å². The first kappa shape index (κ1) is 9.04. The summed E-state index contributed by atoms with van der Waals surface area (Å²) >= 11 is 0. The molecule has 0 heterocycles. The topological polar surface area (TPSA) is 20.2 Å². The summed E-state index contributed by atoms with van der Waals surface area (Å²) in [5.74, 6) is 5.63. The summed E-state index contributed by atoms with van der Waals surface area (Å²) < 4.78 is 0. The molecule has 1 nitrogen and oxygen atoms in total. The van der Waals surface area contributed by atoms with E-state index >= 15 is 0 Å². The van der Waals surface area contributed by atoms with Crippen LogP contribution in [-0.4, -0.2) is 11.2 Å². The van der Waals surface area contributed by atoms with Gasteiger partial charge in [-0.25, -0.2) is 0 Å². The third kappa shape index (κ3) is 1.19. The molecule has 0 spiro atoms. The van der Waals surface area contributed by atoms with Gasteiger partial charge in [0.05, 0.1) is 6.10 Å². The summed E-state index contributed by atoms with van der Waals surface area (Å²) in [6.07, 6.45) is 9.91. The normalized spacial score (nSPS) is 53.8. The molecule has 15 heavy (non-hydrogen) atoms. The van der Waals surface area contributed by atoms with Gasteiger partial charge in [0.15, 0.2) is 0 Å². The molecule has 4 fully saturated rings. The Hall–Kier alpha value is -0.0400. The quantitative estimate of drug-likeness (QED) is 0.753. The molecular formula is C14H22O. The van der Waals surface area contributed by atoms with Crippen LogP contribution in [-0.2, 0) is 0 Å². The van der Waals surface area contributed by atoms with Crippen LogP contribution >= 0.6 is 0 Å². The van der Waals surface area contributed by atoms with Crippen LogP contribution in [0.4, 0.5) is 0 Å². The molecule has 0 radical (unpaired) electrons. The number of fused-ring (bicyclic) bond motifs is 5. The summed E-state index contributed by atoms with van der Waals surface area (Å²) in [6, 6.07) is 0. The average Bonchev–Trinajstić information content (AvgIpc) is 2.62. The highest BCUT2D eigenvalue weighted by atomic mass is 16.3. The third-order valence-corrected chi connectivity index (χ3v) is 6.04. The molecule has 4 aliphatic carbocycles. The van der Waals surface area contributed by atoms with Gasteiger partial charge in [0, 0.05) is 0 Å². The van der Waals surface area contributed by atoms with E-state index in [1.165, 1.54) is 38.5 Å². The van der Waals surface area contributed by atoms with Gasteiger partial charge >= 0.3 is 0 Å². The van der Waals surface area contributed by atoms with Crippen LogP contribution in [0.5, 0.6) is 0 Å². The van der Waals surface area contributed by atoms with E-state index in [0.717, 1.165) is 41.9 Å². The Balaban J connectivity index is 1.39. The highest BCUT2D eigenvalue weighted by Gasteiger charge is 2.66. The van der Waals surface area contributed by atoms with Gasteiger partial charge in [0.25, 0.3) is 0 Å². The number of hydrogen-bond donors (Lipinski definition) is 1. The van der Waals surface area contributed by atoms with Gasteiger partial charge in [-0.05, 0) is 61.2 Å². The van der Waals surface area contributed by atoms with E-state index in [4.69, 9.17) is 0 Å². The summed E-state index contributed by atoms with van der Waals surface area (Å²) in [5, 5.41) is 10.3. The van der Waals surface area contributed by atoms with Gasteiger partial charge in [-0.2, -0.15) is 0 Å². The SMILES string of the molecule is OC(CC1CCC1)C1C2C3CCC(C3)C12.